The monoisotopic (exact) mass is 456 g/mol. The smallest absolute Gasteiger partial charge is 0.234 e. The fraction of sp³-hybridized carbons (Fsp3) is 0.348. The zero-order valence-corrected chi connectivity index (χ0v) is 19.4. The number of amides is 1. The van der Waals surface area contributed by atoms with Gasteiger partial charge in [-0.1, -0.05) is 37.7 Å². The number of aromatic nitrogens is 3. The standard InChI is InChI=1S/C23H28N4O4S/c1-15(2)13-27-22(16(3)31-18-11-9-17(30-4)10-12-18)25-26-23(27)32-14-21(29)24-19-7-5-6-8-20(19)28/h5-12,15-16,28H,13-14H2,1-4H3,(H,24,29). The number of nitrogens with zero attached hydrogens (tertiary/aromatic N) is 3. The first kappa shape index (κ1) is 23.5. The molecule has 0 radical (unpaired) electrons. The maximum Gasteiger partial charge on any atom is 0.234 e. The number of hydrogen-bond donors (Lipinski definition) is 2. The molecule has 0 fully saturated rings. The van der Waals surface area contributed by atoms with Crippen LogP contribution in [0, 0.1) is 5.92 Å². The number of methoxy groups -OCH3 is 1. The van der Waals surface area contributed by atoms with Gasteiger partial charge in [0.05, 0.1) is 18.6 Å². The van der Waals surface area contributed by atoms with E-state index in [2.05, 4.69) is 29.4 Å². The van der Waals surface area contributed by atoms with Crippen LogP contribution in [-0.2, 0) is 11.3 Å². The number of benzene rings is 2. The molecule has 1 heterocycles. The van der Waals surface area contributed by atoms with Crippen molar-refractivity contribution in [2.45, 2.75) is 38.6 Å². The highest BCUT2D eigenvalue weighted by Gasteiger charge is 2.21. The van der Waals surface area contributed by atoms with Crippen molar-refractivity contribution in [3.8, 4) is 17.2 Å². The van der Waals surface area contributed by atoms with Gasteiger partial charge in [-0.2, -0.15) is 0 Å². The van der Waals surface area contributed by atoms with Gasteiger partial charge < -0.3 is 24.5 Å². The minimum Gasteiger partial charge on any atom is -0.506 e. The molecule has 3 aromatic rings. The van der Waals surface area contributed by atoms with Crippen molar-refractivity contribution in [3.63, 3.8) is 0 Å². The van der Waals surface area contributed by atoms with Crippen LogP contribution in [0.1, 0.15) is 32.7 Å². The number of aromatic hydroxyl groups is 1. The lowest BCUT2D eigenvalue weighted by molar-refractivity contribution is -0.113. The fourth-order valence-corrected chi connectivity index (χ4v) is 3.81. The van der Waals surface area contributed by atoms with Crippen molar-refractivity contribution < 1.29 is 19.4 Å². The van der Waals surface area contributed by atoms with Crippen LogP contribution in [0.2, 0.25) is 0 Å². The molecule has 0 aliphatic heterocycles. The average molecular weight is 457 g/mol. The highest BCUT2D eigenvalue weighted by molar-refractivity contribution is 7.99. The molecule has 2 aromatic carbocycles. The van der Waals surface area contributed by atoms with Gasteiger partial charge in [-0.25, -0.2) is 0 Å². The van der Waals surface area contributed by atoms with Gasteiger partial charge in [-0.05, 0) is 49.2 Å². The molecule has 3 rings (SSSR count). The summed E-state index contributed by atoms with van der Waals surface area (Å²) < 4.78 is 13.2. The zero-order valence-electron chi connectivity index (χ0n) is 18.6. The van der Waals surface area contributed by atoms with Crippen LogP contribution in [-0.4, -0.2) is 38.6 Å². The Morgan fingerprint density at radius 3 is 2.44 bits per heavy atom. The molecule has 1 unspecified atom stereocenters. The van der Waals surface area contributed by atoms with Crippen molar-refractivity contribution in [1.82, 2.24) is 14.8 Å². The first-order chi connectivity index (χ1) is 15.4. The Labute approximate surface area is 192 Å². The summed E-state index contributed by atoms with van der Waals surface area (Å²) in [5.41, 5.74) is 0.379. The summed E-state index contributed by atoms with van der Waals surface area (Å²) in [4.78, 5) is 12.4. The summed E-state index contributed by atoms with van der Waals surface area (Å²) in [5.74, 6) is 2.44. The molecular weight excluding hydrogens is 428 g/mol. The molecule has 2 N–H and O–H groups in total. The van der Waals surface area contributed by atoms with Crippen molar-refractivity contribution in [3.05, 3.63) is 54.4 Å². The number of phenols is 1. The van der Waals surface area contributed by atoms with E-state index in [9.17, 15) is 9.90 Å². The molecule has 0 bridgehead atoms. The molecule has 8 nitrogen and oxygen atoms in total. The molecule has 32 heavy (non-hydrogen) atoms. The normalized spacial score (nSPS) is 11.9. The number of thioether (sulfide) groups is 1. The van der Waals surface area contributed by atoms with Gasteiger partial charge in [0.1, 0.15) is 17.2 Å². The lowest BCUT2D eigenvalue weighted by Crippen LogP contribution is -2.17. The third kappa shape index (κ3) is 6.16. The molecule has 0 spiro atoms. The number of phenolic OH excluding ortho intramolecular Hbond substituents is 1. The third-order valence-corrected chi connectivity index (χ3v) is 5.51. The highest BCUT2D eigenvalue weighted by Crippen LogP contribution is 2.27. The van der Waals surface area contributed by atoms with Crippen molar-refractivity contribution in [2.75, 3.05) is 18.2 Å². The number of para-hydroxylation sites is 2. The minimum absolute atomic E-state index is 0.0283. The second-order valence-electron chi connectivity index (χ2n) is 7.63. The number of nitrogens with one attached hydrogen (secondary N) is 1. The molecule has 1 atom stereocenters. The van der Waals surface area contributed by atoms with E-state index in [0.29, 0.717) is 34.9 Å². The SMILES string of the molecule is COc1ccc(OC(C)c2nnc(SCC(=O)Nc3ccccc3O)n2CC(C)C)cc1. The summed E-state index contributed by atoms with van der Waals surface area (Å²) in [5, 5.41) is 21.8. The molecule has 0 aliphatic carbocycles. The first-order valence-corrected chi connectivity index (χ1v) is 11.3. The van der Waals surface area contributed by atoms with Crippen molar-refractivity contribution in [1.29, 1.82) is 0 Å². The Morgan fingerprint density at radius 2 is 1.78 bits per heavy atom. The van der Waals surface area contributed by atoms with Crippen LogP contribution in [0.4, 0.5) is 5.69 Å². The number of anilines is 1. The van der Waals surface area contributed by atoms with Gasteiger partial charge in [0.25, 0.3) is 0 Å². The number of rotatable bonds is 10. The average Bonchev–Trinajstić information content (AvgIpc) is 3.16. The van der Waals surface area contributed by atoms with Crippen molar-refractivity contribution in [2.24, 2.45) is 5.92 Å². The molecule has 9 heteroatoms. The van der Waals surface area contributed by atoms with E-state index in [0.717, 1.165) is 5.75 Å². The summed E-state index contributed by atoms with van der Waals surface area (Å²) in [6, 6.07) is 14.0. The number of hydrogen-bond acceptors (Lipinski definition) is 7. The van der Waals surface area contributed by atoms with E-state index in [4.69, 9.17) is 9.47 Å². The molecule has 0 saturated carbocycles. The van der Waals surface area contributed by atoms with Crippen molar-refractivity contribution >= 4 is 23.4 Å². The lowest BCUT2D eigenvalue weighted by atomic mass is 10.2. The molecule has 1 aromatic heterocycles. The van der Waals surface area contributed by atoms with Crippen LogP contribution in [0.3, 0.4) is 0 Å². The van der Waals surface area contributed by atoms with Gasteiger partial charge in [0, 0.05) is 6.54 Å². The summed E-state index contributed by atoms with van der Waals surface area (Å²) >= 11 is 1.30. The van der Waals surface area contributed by atoms with Gasteiger partial charge in [0.2, 0.25) is 5.91 Å². The van der Waals surface area contributed by atoms with Gasteiger partial charge in [-0.3, -0.25) is 4.79 Å². The van der Waals surface area contributed by atoms with E-state index in [1.165, 1.54) is 17.8 Å². The van der Waals surface area contributed by atoms with Crippen LogP contribution >= 0.6 is 11.8 Å². The maximum atomic E-state index is 12.4. The zero-order chi connectivity index (χ0) is 23.1. The Morgan fingerprint density at radius 1 is 1.09 bits per heavy atom. The molecule has 1 amide bonds. The van der Waals surface area contributed by atoms with E-state index in [1.807, 2.05) is 35.8 Å². The third-order valence-electron chi connectivity index (χ3n) is 4.54. The Kier molecular flexibility index (Phi) is 7.99. The van der Waals surface area contributed by atoms with Crippen LogP contribution in [0.25, 0.3) is 0 Å². The molecular formula is C23H28N4O4S. The van der Waals surface area contributed by atoms with Crippen LogP contribution < -0.4 is 14.8 Å². The molecule has 170 valence electrons. The van der Waals surface area contributed by atoms with E-state index in [-0.39, 0.29) is 23.5 Å². The lowest BCUT2D eigenvalue weighted by Gasteiger charge is -2.18. The second kappa shape index (κ2) is 10.9. The van der Waals surface area contributed by atoms with Gasteiger partial charge in [0.15, 0.2) is 17.1 Å². The predicted molar refractivity (Wildman–Crippen MR) is 124 cm³/mol. The molecule has 0 saturated heterocycles. The minimum atomic E-state index is -0.334. The summed E-state index contributed by atoms with van der Waals surface area (Å²) in [7, 11) is 1.62. The Balaban J connectivity index is 1.69. The van der Waals surface area contributed by atoms with E-state index >= 15 is 0 Å². The van der Waals surface area contributed by atoms with E-state index in [1.54, 1.807) is 25.3 Å². The number of ether oxygens (including phenoxy) is 2. The predicted octanol–water partition coefficient (Wildman–Crippen LogP) is 4.52. The molecule has 0 aliphatic rings. The largest absolute Gasteiger partial charge is 0.506 e. The topological polar surface area (TPSA) is 98.5 Å². The van der Waals surface area contributed by atoms with Crippen LogP contribution in [0.15, 0.2) is 53.7 Å². The second-order valence-corrected chi connectivity index (χ2v) is 8.58. The Hall–Kier alpha value is -3.20. The van der Waals surface area contributed by atoms with Crippen LogP contribution in [0.5, 0.6) is 17.2 Å². The summed E-state index contributed by atoms with van der Waals surface area (Å²) in [6.07, 6.45) is -0.334. The Bertz CT molecular complexity index is 1040. The number of carbonyl (C=O) groups is 1. The maximum absolute atomic E-state index is 12.4. The summed E-state index contributed by atoms with van der Waals surface area (Å²) in [6.45, 7) is 6.84. The quantitative estimate of drug-likeness (QED) is 0.342. The highest BCUT2D eigenvalue weighted by atomic mass is 32.2. The first-order valence-electron chi connectivity index (χ1n) is 10.3. The fourth-order valence-electron chi connectivity index (χ4n) is 3.05. The number of carbonyl (C=O) groups excluding carboxylic acids is 1. The van der Waals surface area contributed by atoms with E-state index < -0.39 is 0 Å². The van der Waals surface area contributed by atoms with Gasteiger partial charge in [-0.15, -0.1) is 10.2 Å². The van der Waals surface area contributed by atoms with Gasteiger partial charge >= 0.3 is 0 Å².